The molecule has 1 atom stereocenters. The summed E-state index contributed by atoms with van der Waals surface area (Å²) in [4.78, 5) is 12.6. The Hall–Kier alpha value is -0.980. The van der Waals surface area contributed by atoms with Gasteiger partial charge in [0.25, 0.3) is 0 Å². The van der Waals surface area contributed by atoms with Crippen LogP contribution < -0.4 is 0 Å². The Labute approximate surface area is 97.7 Å². The van der Waals surface area contributed by atoms with E-state index in [1.54, 1.807) is 20.8 Å². The van der Waals surface area contributed by atoms with E-state index in [1.165, 1.54) is 0 Å². The number of ether oxygens (including phenoxy) is 2. The third kappa shape index (κ3) is 4.41. The predicted octanol–water partition coefficient (Wildman–Crippen LogP) is 2.18. The number of nitrogens with zero attached hydrogens (tertiary/aromatic N) is 1. The van der Waals surface area contributed by atoms with Crippen LogP contribution in [0, 0.1) is 0 Å². The Balaban J connectivity index is 2.58. The van der Waals surface area contributed by atoms with Gasteiger partial charge in [-0.25, -0.2) is 4.79 Å². The number of carbonyl (C=O) groups excluding carboxylic acids is 1. The average Bonchev–Trinajstić information content (AvgIpc) is 2.14. The standard InChI is InChI=1S/C10H16F3NO3/c1-9(2,3)17-8(15)14-4-5-16-7(6-14)10(11,12)13/h7H,4-6H2,1-3H3/t7-/m0/s1. The van der Waals surface area contributed by atoms with Crippen molar-refractivity contribution in [3.8, 4) is 0 Å². The molecule has 1 aliphatic heterocycles. The fourth-order valence-electron chi connectivity index (χ4n) is 1.34. The van der Waals surface area contributed by atoms with Gasteiger partial charge in [-0.1, -0.05) is 0 Å². The van der Waals surface area contributed by atoms with Crippen LogP contribution in [0.4, 0.5) is 18.0 Å². The Morgan fingerprint density at radius 1 is 1.35 bits per heavy atom. The van der Waals surface area contributed by atoms with Gasteiger partial charge in [0.15, 0.2) is 6.10 Å². The molecule has 0 bridgehead atoms. The van der Waals surface area contributed by atoms with Crippen LogP contribution in [0.15, 0.2) is 0 Å². The van der Waals surface area contributed by atoms with Crippen LogP contribution in [0.3, 0.4) is 0 Å². The van der Waals surface area contributed by atoms with Gasteiger partial charge in [-0.3, -0.25) is 0 Å². The van der Waals surface area contributed by atoms with Gasteiger partial charge in [0.2, 0.25) is 0 Å². The van der Waals surface area contributed by atoms with Crippen LogP contribution in [0.25, 0.3) is 0 Å². The first kappa shape index (κ1) is 14.1. The molecule has 0 spiro atoms. The largest absolute Gasteiger partial charge is 0.444 e. The second kappa shape index (κ2) is 4.72. The molecule has 0 saturated carbocycles. The molecular formula is C10H16F3NO3. The number of hydrogen-bond donors (Lipinski definition) is 0. The number of hydrogen-bond acceptors (Lipinski definition) is 3. The maximum Gasteiger partial charge on any atom is 0.416 e. The molecule has 1 rings (SSSR count). The van der Waals surface area contributed by atoms with Crippen LogP contribution >= 0.6 is 0 Å². The molecule has 1 fully saturated rings. The second-order valence-electron chi connectivity index (χ2n) is 4.83. The molecule has 0 aliphatic carbocycles. The van der Waals surface area contributed by atoms with E-state index in [1.807, 2.05) is 0 Å². The third-order valence-corrected chi connectivity index (χ3v) is 2.08. The quantitative estimate of drug-likeness (QED) is 0.666. The van der Waals surface area contributed by atoms with Crippen molar-refractivity contribution in [2.24, 2.45) is 0 Å². The van der Waals surface area contributed by atoms with E-state index in [0.717, 1.165) is 4.90 Å². The second-order valence-corrected chi connectivity index (χ2v) is 4.83. The summed E-state index contributed by atoms with van der Waals surface area (Å²) in [6.07, 6.45) is -7.13. The van der Waals surface area contributed by atoms with E-state index in [4.69, 9.17) is 4.74 Å². The Morgan fingerprint density at radius 3 is 2.41 bits per heavy atom. The van der Waals surface area contributed by atoms with Crippen molar-refractivity contribution in [2.45, 2.75) is 38.7 Å². The molecule has 0 aromatic rings. The number of morpholine rings is 1. The van der Waals surface area contributed by atoms with Gasteiger partial charge in [-0.05, 0) is 20.8 Å². The first-order chi connectivity index (χ1) is 7.59. The summed E-state index contributed by atoms with van der Waals surface area (Å²) in [6.45, 7) is 4.44. The lowest BCUT2D eigenvalue weighted by molar-refractivity contribution is -0.234. The van der Waals surface area contributed by atoms with Gasteiger partial charge in [0.1, 0.15) is 5.60 Å². The molecule has 1 aliphatic rings. The van der Waals surface area contributed by atoms with Crippen molar-refractivity contribution in [3.05, 3.63) is 0 Å². The average molecular weight is 255 g/mol. The molecule has 0 aromatic carbocycles. The maximum atomic E-state index is 12.4. The van der Waals surface area contributed by atoms with Crippen molar-refractivity contribution < 1.29 is 27.4 Å². The predicted molar refractivity (Wildman–Crippen MR) is 53.6 cm³/mol. The first-order valence-electron chi connectivity index (χ1n) is 5.26. The topological polar surface area (TPSA) is 38.8 Å². The molecule has 4 nitrogen and oxygen atoms in total. The fraction of sp³-hybridized carbons (Fsp3) is 0.900. The highest BCUT2D eigenvalue weighted by Gasteiger charge is 2.44. The van der Waals surface area contributed by atoms with Gasteiger partial charge in [0, 0.05) is 6.54 Å². The van der Waals surface area contributed by atoms with Crippen molar-refractivity contribution in [3.63, 3.8) is 0 Å². The van der Waals surface area contributed by atoms with E-state index in [0.29, 0.717) is 0 Å². The lowest BCUT2D eigenvalue weighted by atomic mass is 10.2. The fourth-order valence-corrected chi connectivity index (χ4v) is 1.34. The minimum atomic E-state index is -4.46. The summed E-state index contributed by atoms with van der Waals surface area (Å²) in [7, 11) is 0. The molecule has 0 unspecified atom stereocenters. The zero-order valence-corrected chi connectivity index (χ0v) is 10.0. The van der Waals surface area contributed by atoms with Crippen molar-refractivity contribution in [1.29, 1.82) is 0 Å². The van der Waals surface area contributed by atoms with E-state index in [-0.39, 0.29) is 13.2 Å². The van der Waals surface area contributed by atoms with Crippen LogP contribution in [-0.4, -0.2) is 48.6 Å². The van der Waals surface area contributed by atoms with Gasteiger partial charge in [-0.15, -0.1) is 0 Å². The van der Waals surface area contributed by atoms with Gasteiger partial charge >= 0.3 is 12.3 Å². The van der Waals surface area contributed by atoms with Gasteiger partial charge in [0.05, 0.1) is 13.2 Å². The van der Waals surface area contributed by atoms with E-state index in [9.17, 15) is 18.0 Å². The third-order valence-electron chi connectivity index (χ3n) is 2.08. The summed E-state index contributed by atoms with van der Waals surface area (Å²) in [5.74, 6) is 0. The number of alkyl halides is 3. The van der Waals surface area contributed by atoms with Crippen LogP contribution in [-0.2, 0) is 9.47 Å². The number of amides is 1. The highest BCUT2D eigenvalue weighted by molar-refractivity contribution is 5.68. The van der Waals surface area contributed by atoms with Crippen LogP contribution in [0.5, 0.6) is 0 Å². The van der Waals surface area contributed by atoms with Crippen molar-refractivity contribution in [1.82, 2.24) is 4.90 Å². The van der Waals surface area contributed by atoms with Gasteiger partial charge < -0.3 is 14.4 Å². The van der Waals surface area contributed by atoms with Gasteiger partial charge in [-0.2, -0.15) is 13.2 Å². The minimum Gasteiger partial charge on any atom is -0.444 e. The summed E-state index contributed by atoms with van der Waals surface area (Å²) in [5.41, 5.74) is -0.719. The molecule has 17 heavy (non-hydrogen) atoms. The monoisotopic (exact) mass is 255 g/mol. The zero-order valence-electron chi connectivity index (χ0n) is 10.0. The lowest BCUT2D eigenvalue weighted by Gasteiger charge is -2.34. The zero-order chi connectivity index (χ0) is 13.3. The van der Waals surface area contributed by atoms with Crippen molar-refractivity contribution in [2.75, 3.05) is 19.7 Å². The number of carbonyl (C=O) groups is 1. The van der Waals surface area contributed by atoms with Crippen LogP contribution in [0.1, 0.15) is 20.8 Å². The van der Waals surface area contributed by atoms with E-state index in [2.05, 4.69) is 4.74 Å². The molecular weight excluding hydrogens is 239 g/mol. The molecule has 1 heterocycles. The summed E-state index contributed by atoms with van der Waals surface area (Å²) in [5, 5.41) is 0. The van der Waals surface area contributed by atoms with E-state index < -0.39 is 30.5 Å². The van der Waals surface area contributed by atoms with Crippen molar-refractivity contribution >= 4 is 6.09 Å². The number of halogens is 3. The summed E-state index contributed by atoms with van der Waals surface area (Å²) in [6, 6.07) is 0. The van der Waals surface area contributed by atoms with Crippen LogP contribution in [0.2, 0.25) is 0 Å². The smallest absolute Gasteiger partial charge is 0.416 e. The maximum absolute atomic E-state index is 12.4. The molecule has 100 valence electrons. The van der Waals surface area contributed by atoms with E-state index >= 15 is 0 Å². The Kier molecular flexibility index (Phi) is 3.91. The minimum absolute atomic E-state index is 0.113. The Morgan fingerprint density at radius 2 is 1.94 bits per heavy atom. The summed E-state index contributed by atoms with van der Waals surface area (Å²) < 4.78 is 46.8. The Bertz CT molecular complexity index is 286. The molecule has 0 radical (unpaired) electrons. The molecule has 1 saturated heterocycles. The molecule has 1 amide bonds. The summed E-state index contributed by atoms with van der Waals surface area (Å²) >= 11 is 0. The molecule has 0 aromatic heterocycles. The number of rotatable bonds is 0. The normalized spacial score (nSPS) is 22.5. The lowest BCUT2D eigenvalue weighted by Crippen LogP contribution is -2.52. The molecule has 7 heteroatoms. The highest BCUT2D eigenvalue weighted by atomic mass is 19.4. The highest BCUT2D eigenvalue weighted by Crippen LogP contribution is 2.26. The SMILES string of the molecule is CC(C)(C)OC(=O)N1CCO[C@H](C(F)(F)F)C1. The first-order valence-corrected chi connectivity index (χ1v) is 5.26. The molecule has 0 N–H and O–H groups in total.